The molecule has 5 nitrogen and oxygen atoms in total. The van der Waals surface area contributed by atoms with E-state index in [-0.39, 0.29) is 12.8 Å². The molecule has 0 heterocycles. The highest BCUT2D eigenvalue weighted by atomic mass is 16.7. The van der Waals surface area contributed by atoms with E-state index in [1.54, 1.807) is 6.92 Å². The van der Waals surface area contributed by atoms with Crippen molar-refractivity contribution in [2.45, 2.75) is 91.1 Å². The molecule has 3 N–H and O–H groups in total. The first kappa shape index (κ1) is 20.3. The Morgan fingerprint density at radius 3 is 1.90 bits per heavy atom. The summed E-state index contributed by atoms with van der Waals surface area (Å²) in [5.74, 6) is -3.47. The quantitative estimate of drug-likeness (QED) is 0.310. The van der Waals surface area contributed by atoms with Crippen LogP contribution in [0.4, 0.5) is 0 Å². The van der Waals surface area contributed by atoms with Crippen LogP contribution in [0.1, 0.15) is 79.1 Å². The van der Waals surface area contributed by atoms with E-state index in [0.29, 0.717) is 11.8 Å². The van der Waals surface area contributed by atoms with E-state index in [0.717, 1.165) is 32.1 Å². The molecule has 0 saturated heterocycles. The van der Waals surface area contributed by atoms with Gasteiger partial charge in [-0.1, -0.05) is 53.4 Å². The Kier molecular flexibility index (Phi) is 9.09. The van der Waals surface area contributed by atoms with Crippen molar-refractivity contribution in [3.05, 3.63) is 0 Å². The second-order valence-corrected chi connectivity index (χ2v) is 5.84. The van der Waals surface area contributed by atoms with Gasteiger partial charge < -0.3 is 20.1 Å². The Labute approximate surface area is 128 Å². The van der Waals surface area contributed by atoms with Crippen LogP contribution in [0.3, 0.4) is 0 Å². The molecule has 0 aromatic heterocycles. The lowest BCUT2D eigenvalue weighted by Gasteiger charge is -2.30. The number of carbonyl (C=O) groups is 1. The molecule has 0 aromatic rings. The molecule has 0 aromatic carbocycles. The SMILES string of the molecule is CCC(OC(=O)CCCCC(CC)(CC)CC)C(O)(O)O. The monoisotopic (exact) mass is 304 g/mol. The first-order valence-corrected chi connectivity index (χ1v) is 8.11. The van der Waals surface area contributed by atoms with Crippen LogP contribution >= 0.6 is 0 Å². The Hall–Kier alpha value is -0.650. The molecule has 0 fully saturated rings. The first-order valence-electron chi connectivity index (χ1n) is 8.11. The maximum absolute atomic E-state index is 11.6. The van der Waals surface area contributed by atoms with Crippen molar-refractivity contribution in [3.63, 3.8) is 0 Å². The highest BCUT2D eigenvalue weighted by molar-refractivity contribution is 5.69. The fourth-order valence-electron chi connectivity index (χ4n) is 2.70. The van der Waals surface area contributed by atoms with E-state index in [2.05, 4.69) is 20.8 Å². The molecule has 0 saturated carbocycles. The molecular formula is C16H32O5. The average Bonchev–Trinajstić information content (AvgIpc) is 2.44. The average molecular weight is 304 g/mol. The van der Waals surface area contributed by atoms with Crippen LogP contribution in [-0.2, 0) is 9.53 Å². The van der Waals surface area contributed by atoms with Gasteiger partial charge in [-0.15, -0.1) is 0 Å². The summed E-state index contributed by atoms with van der Waals surface area (Å²) in [7, 11) is 0. The van der Waals surface area contributed by atoms with E-state index in [1.807, 2.05) is 0 Å². The minimum absolute atomic E-state index is 0.139. The molecule has 0 bridgehead atoms. The lowest BCUT2D eigenvalue weighted by molar-refractivity contribution is -0.356. The van der Waals surface area contributed by atoms with E-state index in [4.69, 9.17) is 20.1 Å². The Morgan fingerprint density at radius 1 is 1.00 bits per heavy atom. The molecule has 0 aliphatic carbocycles. The third-order valence-electron chi connectivity index (χ3n) is 4.66. The van der Waals surface area contributed by atoms with Crippen LogP contribution in [0.2, 0.25) is 0 Å². The second-order valence-electron chi connectivity index (χ2n) is 5.84. The zero-order valence-electron chi connectivity index (χ0n) is 13.9. The van der Waals surface area contributed by atoms with E-state index in [1.165, 1.54) is 0 Å². The fourth-order valence-corrected chi connectivity index (χ4v) is 2.70. The predicted molar refractivity (Wildman–Crippen MR) is 81.3 cm³/mol. The van der Waals surface area contributed by atoms with Crippen LogP contribution in [0.15, 0.2) is 0 Å². The van der Waals surface area contributed by atoms with Crippen LogP contribution in [0, 0.1) is 5.41 Å². The number of carbonyl (C=O) groups excluding carboxylic acids is 1. The zero-order valence-corrected chi connectivity index (χ0v) is 13.9. The predicted octanol–water partition coefficient (Wildman–Crippen LogP) is 2.72. The van der Waals surface area contributed by atoms with Gasteiger partial charge in [0.25, 0.3) is 0 Å². The minimum Gasteiger partial charge on any atom is -0.454 e. The third-order valence-corrected chi connectivity index (χ3v) is 4.66. The van der Waals surface area contributed by atoms with Gasteiger partial charge in [0.15, 0.2) is 6.10 Å². The van der Waals surface area contributed by atoms with Crippen molar-refractivity contribution in [1.82, 2.24) is 0 Å². The molecule has 0 amide bonds. The molecule has 21 heavy (non-hydrogen) atoms. The summed E-state index contributed by atoms with van der Waals surface area (Å²) in [4.78, 5) is 11.6. The number of hydrogen-bond donors (Lipinski definition) is 3. The van der Waals surface area contributed by atoms with Crippen LogP contribution in [0.25, 0.3) is 0 Å². The smallest absolute Gasteiger partial charge is 0.314 e. The summed E-state index contributed by atoms with van der Waals surface area (Å²) in [5.41, 5.74) is 0.367. The summed E-state index contributed by atoms with van der Waals surface area (Å²) in [6, 6.07) is 0. The Bertz CT molecular complexity index is 283. The van der Waals surface area contributed by atoms with Crippen molar-refractivity contribution in [2.75, 3.05) is 0 Å². The minimum atomic E-state index is -2.97. The van der Waals surface area contributed by atoms with Gasteiger partial charge in [0.2, 0.25) is 0 Å². The normalized spacial score (nSPS) is 14.0. The molecule has 1 unspecified atom stereocenters. The van der Waals surface area contributed by atoms with Crippen molar-refractivity contribution in [1.29, 1.82) is 0 Å². The van der Waals surface area contributed by atoms with Crippen molar-refractivity contribution >= 4 is 5.97 Å². The van der Waals surface area contributed by atoms with E-state index >= 15 is 0 Å². The highest BCUT2D eigenvalue weighted by Crippen LogP contribution is 2.36. The molecular weight excluding hydrogens is 272 g/mol. The standard InChI is InChI=1S/C16H32O5/c1-5-13(16(18,19)20)21-14(17)11-9-10-12-15(6-2,7-3)8-4/h13,18-20H,5-12H2,1-4H3. The van der Waals surface area contributed by atoms with Crippen molar-refractivity contribution < 1.29 is 24.9 Å². The molecule has 126 valence electrons. The maximum Gasteiger partial charge on any atom is 0.314 e. The third kappa shape index (κ3) is 7.25. The van der Waals surface area contributed by atoms with Gasteiger partial charge in [-0.2, -0.15) is 0 Å². The molecule has 0 radical (unpaired) electrons. The molecule has 0 aliphatic heterocycles. The summed E-state index contributed by atoms with van der Waals surface area (Å²) >= 11 is 0. The van der Waals surface area contributed by atoms with Gasteiger partial charge in [-0.05, 0) is 24.7 Å². The van der Waals surface area contributed by atoms with Crippen LogP contribution in [0.5, 0.6) is 0 Å². The summed E-state index contributed by atoms with van der Waals surface area (Å²) in [6.45, 7) is 8.22. The lowest BCUT2D eigenvalue weighted by Crippen LogP contribution is -2.44. The van der Waals surface area contributed by atoms with E-state index < -0.39 is 18.0 Å². The molecule has 0 spiro atoms. The number of rotatable bonds is 11. The Morgan fingerprint density at radius 2 is 1.52 bits per heavy atom. The maximum atomic E-state index is 11.6. The van der Waals surface area contributed by atoms with Gasteiger partial charge in [0.1, 0.15) is 0 Å². The van der Waals surface area contributed by atoms with Crippen LogP contribution < -0.4 is 0 Å². The number of aliphatic hydroxyl groups is 3. The number of ether oxygens (including phenoxy) is 1. The van der Waals surface area contributed by atoms with Gasteiger partial charge in [-0.3, -0.25) is 4.79 Å². The number of esters is 1. The topological polar surface area (TPSA) is 87.0 Å². The van der Waals surface area contributed by atoms with Gasteiger partial charge in [-0.25, -0.2) is 0 Å². The summed E-state index contributed by atoms with van der Waals surface area (Å²) in [5, 5.41) is 27.1. The molecule has 0 aliphatic rings. The van der Waals surface area contributed by atoms with Gasteiger partial charge in [0.05, 0.1) is 0 Å². The molecule has 1 atom stereocenters. The van der Waals surface area contributed by atoms with E-state index in [9.17, 15) is 4.79 Å². The fraction of sp³-hybridized carbons (Fsp3) is 0.938. The number of hydrogen-bond acceptors (Lipinski definition) is 5. The summed E-state index contributed by atoms with van der Waals surface area (Å²) in [6.07, 6.45) is 5.26. The van der Waals surface area contributed by atoms with Gasteiger partial charge in [0, 0.05) is 6.42 Å². The lowest BCUT2D eigenvalue weighted by atomic mass is 9.76. The van der Waals surface area contributed by atoms with Gasteiger partial charge >= 0.3 is 11.9 Å². The highest BCUT2D eigenvalue weighted by Gasteiger charge is 2.34. The largest absolute Gasteiger partial charge is 0.454 e. The second kappa shape index (κ2) is 9.38. The first-order chi connectivity index (χ1) is 9.74. The Balaban J connectivity index is 4.10. The van der Waals surface area contributed by atoms with Crippen molar-refractivity contribution in [3.8, 4) is 0 Å². The molecule has 0 rings (SSSR count). The van der Waals surface area contributed by atoms with Crippen molar-refractivity contribution in [2.24, 2.45) is 5.41 Å². The molecule has 5 heteroatoms. The van der Waals surface area contributed by atoms with Crippen LogP contribution in [-0.4, -0.2) is 33.4 Å². The summed E-state index contributed by atoms with van der Waals surface area (Å²) < 4.78 is 4.89. The zero-order chi connectivity index (χ0) is 16.5. The number of unbranched alkanes of at least 4 members (excludes halogenated alkanes) is 1.